The van der Waals surface area contributed by atoms with Crippen molar-refractivity contribution in [3.8, 4) is 0 Å². The number of halogens is 1. The Labute approximate surface area is 88.0 Å². The van der Waals surface area contributed by atoms with E-state index in [0.29, 0.717) is 13.1 Å². The molecular formula is C10H12ClN3. The molecule has 1 aliphatic rings. The Morgan fingerprint density at radius 3 is 2.86 bits per heavy atom. The zero-order chi connectivity index (χ0) is 10.0. The third-order valence-electron chi connectivity index (χ3n) is 2.53. The van der Waals surface area contributed by atoms with Gasteiger partial charge in [-0.15, -0.1) is 0 Å². The van der Waals surface area contributed by atoms with Crippen molar-refractivity contribution in [3.63, 3.8) is 0 Å². The van der Waals surface area contributed by atoms with Crippen molar-refractivity contribution in [2.24, 2.45) is 10.7 Å². The molecule has 3 nitrogen and oxygen atoms in total. The SMILES string of the molecule is NCC1(c2ccccc2Cl)CN=CN1. The van der Waals surface area contributed by atoms with Gasteiger partial charge in [0, 0.05) is 11.6 Å². The highest BCUT2D eigenvalue weighted by Crippen LogP contribution is 2.29. The van der Waals surface area contributed by atoms with Gasteiger partial charge in [-0.25, -0.2) is 0 Å². The lowest BCUT2D eigenvalue weighted by Crippen LogP contribution is -2.46. The van der Waals surface area contributed by atoms with Crippen molar-refractivity contribution in [1.29, 1.82) is 0 Å². The quantitative estimate of drug-likeness (QED) is 0.767. The average Bonchev–Trinajstić information content (AvgIpc) is 2.68. The summed E-state index contributed by atoms with van der Waals surface area (Å²) < 4.78 is 0. The van der Waals surface area contributed by atoms with Gasteiger partial charge in [-0.3, -0.25) is 4.99 Å². The molecule has 0 spiro atoms. The lowest BCUT2D eigenvalue weighted by Gasteiger charge is -2.28. The molecule has 1 aromatic carbocycles. The molecule has 1 aliphatic heterocycles. The van der Waals surface area contributed by atoms with Crippen LogP contribution in [0.15, 0.2) is 29.3 Å². The van der Waals surface area contributed by atoms with Gasteiger partial charge in [0.15, 0.2) is 0 Å². The zero-order valence-corrected chi connectivity index (χ0v) is 8.46. The van der Waals surface area contributed by atoms with E-state index in [1.165, 1.54) is 0 Å². The number of rotatable bonds is 2. The number of benzene rings is 1. The fourth-order valence-corrected chi connectivity index (χ4v) is 1.98. The van der Waals surface area contributed by atoms with Crippen molar-refractivity contribution in [2.45, 2.75) is 5.54 Å². The molecule has 74 valence electrons. The van der Waals surface area contributed by atoms with Crippen LogP contribution in [-0.2, 0) is 5.54 Å². The van der Waals surface area contributed by atoms with Crippen LogP contribution in [0.2, 0.25) is 5.02 Å². The van der Waals surface area contributed by atoms with E-state index >= 15 is 0 Å². The Kier molecular flexibility index (Phi) is 2.44. The van der Waals surface area contributed by atoms with Crippen LogP contribution in [-0.4, -0.2) is 19.4 Å². The van der Waals surface area contributed by atoms with Crippen LogP contribution >= 0.6 is 11.6 Å². The van der Waals surface area contributed by atoms with Gasteiger partial charge in [0.25, 0.3) is 0 Å². The second-order valence-electron chi connectivity index (χ2n) is 3.38. The van der Waals surface area contributed by atoms with Crippen molar-refractivity contribution in [2.75, 3.05) is 13.1 Å². The summed E-state index contributed by atoms with van der Waals surface area (Å²) in [5.74, 6) is 0. The van der Waals surface area contributed by atoms with Crippen molar-refractivity contribution in [1.82, 2.24) is 5.32 Å². The lowest BCUT2D eigenvalue weighted by atomic mass is 9.91. The predicted octanol–water partition coefficient (Wildman–Crippen LogP) is 1.13. The Morgan fingerprint density at radius 1 is 1.50 bits per heavy atom. The molecule has 1 unspecified atom stereocenters. The van der Waals surface area contributed by atoms with Gasteiger partial charge < -0.3 is 11.1 Å². The summed E-state index contributed by atoms with van der Waals surface area (Å²) in [6.45, 7) is 1.13. The lowest BCUT2D eigenvalue weighted by molar-refractivity contribution is 0.446. The molecule has 1 atom stereocenters. The number of nitrogens with two attached hydrogens (primary N) is 1. The number of hydrogen-bond acceptors (Lipinski definition) is 3. The molecule has 1 aromatic rings. The van der Waals surface area contributed by atoms with Crippen LogP contribution in [0.4, 0.5) is 0 Å². The number of nitrogens with one attached hydrogen (secondary N) is 1. The predicted molar refractivity (Wildman–Crippen MR) is 58.7 cm³/mol. The maximum Gasteiger partial charge on any atom is 0.0966 e. The number of aliphatic imine (C=N–C) groups is 1. The summed E-state index contributed by atoms with van der Waals surface area (Å²) in [5.41, 5.74) is 6.48. The summed E-state index contributed by atoms with van der Waals surface area (Å²) in [4.78, 5) is 4.15. The molecule has 0 saturated heterocycles. The summed E-state index contributed by atoms with van der Waals surface area (Å²) >= 11 is 6.12. The molecule has 0 aromatic heterocycles. The molecule has 0 amide bonds. The van der Waals surface area contributed by atoms with Crippen molar-refractivity contribution in [3.05, 3.63) is 34.9 Å². The second kappa shape index (κ2) is 3.59. The van der Waals surface area contributed by atoms with Crippen LogP contribution < -0.4 is 11.1 Å². The Balaban J connectivity index is 2.42. The molecule has 0 fully saturated rings. The minimum atomic E-state index is -0.307. The zero-order valence-electron chi connectivity index (χ0n) is 7.70. The highest BCUT2D eigenvalue weighted by molar-refractivity contribution is 6.31. The number of hydrogen-bond donors (Lipinski definition) is 2. The largest absolute Gasteiger partial charge is 0.364 e. The summed E-state index contributed by atoms with van der Waals surface area (Å²) in [6.07, 6.45) is 1.69. The fourth-order valence-electron chi connectivity index (χ4n) is 1.66. The normalized spacial score (nSPS) is 25.0. The third kappa shape index (κ3) is 1.38. The van der Waals surface area contributed by atoms with Gasteiger partial charge in [0.1, 0.15) is 0 Å². The van der Waals surface area contributed by atoms with E-state index in [2.05, 4.69) is 10.3 Å². The van der Waals surface area contributed by atoms with Gasteiger partial charge in [0.2, 0.25) is 0 Å². The summed E-state index contributed by atoms with van der Waals surface area (Å²) in [5, 5.41) is 3.91. The van der Waals surface area contributed by atoms with E-state index in [9.17, 15) is 0 Å². The summed E-state index contributed by atoms with van der Waals surface area (Å²) in [7, 11) is 0. The highest BCUT2D eigenvalue weighted by atomic mass is 35.5. The Morgan fingerprint density at radius 2 is 2.29 bits per heavy atom. The van der Waals surface area contributed by atoms with Crippen LogP contribution in [0.25, 0.3) is 0 Å². The van der Waals surface area contributed by atoms with E-state index in [1.54, 1.807) is 6.34 Å². The van der Waals surface area contributed by atoms with Gasteiger partial charge in [-0.05, 0) is 11.6 Å². The molecule has 3 N–H and O–H groups in total. The Bertz CT molecular complexity index is 354. The summed E-state index contributed by atoms with van der Waals surface area (Å²) in [6, 6.07) is 7.72. The maximum atomic E-state index is 6.12. The molecule has 0 saturated carbocycles. The second-order valence-corrected chi connectivity index (χ2v) is 3.79. The van der Waals surface area contributed by atoms with E-state index in [1.807, 2.05) is 24.3 Å². The first-order valence-corrected chi connectivity index (χ1v) is 4.87. The van der Waals surface area contributed by atoms with Gasteiger partial charge in [-0.2, -0.15) is 0 Å². The first-order chi connectivity index (χ1) is 6.78. The van der Waals surface area contributed by atoms with Crippen LogP contribution in [0.1, 0.15) is 5.56 Å². The molecule has 2 rings (SSSR count). The van der Waals surface area contributed by atoms with Crippen molar-refractivity contribution >= 4 is 17.9 Å². The first kappa shape index (κ1) is 9.49. The highest BCUT2D eigenvalue weighted by Gasteiger charge is 2.33. The maximum absolute atomic E-state index is 6.12. The van der Waals surface area contributed by atoms with Crippen LogP contribution in [0, 0.1) is 0 Å². The van der Waals surface area contributed by atoms with Gasteiger partial charge in [0.05, 0.1) is 18.4 Å². The van der Waals surface area contributed by atoms with E-state index in [-0.39, 0.29) is 5.54 Å². The average molecular weight is 210 g/mol. The van der Waals surface area contributed by atoms with Crippen LogP contribution in [0.3, 0.4) is 0 Å². The standard InChI is InChI=1S/C10H12ClN3/c11-9-4-2-1-3-8(9)10(5-12)6-13-7-14-10/h1-4,7H,5-6,12H2,(H,13,14). The Hall–Kier alpha value is -1.06. The number of nitrogens with zero attached hydrogens (tertiary/aromatic N) is 1. The minimum Gasteiger partial charge on any atom is -0.364 e. The van der Waals surface area contributed by atoms with Gasteiger partial charge >= 0.3 is 0 Å². The monoisotopic (exact) mass is 209 g/mol. The third-order valence-corrected chi connectivity index (χ3v) is 2.86. The molecular weight excluding hydrogens is 198 g/mol. The molecule has 4 heteroatoms. The molecule has 0 bridgehead atoms. The smallest absolute Gasteiger partial charge is 0.0966 e. The van der Waals surface area contributed by atoms with E-state index < -0.39 is 0 Å². The molecule has 0 aliphatic carbocycles. The molecule has 14 heavy (non-hydrogen) atoms. The van der Waals surface area contributed by atoms with E-state index in [4.69, 9.17) is 17.3 Å². The molecule has 0 radical (unpaired) electrons. The van der Waals surface area contributed by atoms with Crippen LogP contribution in [0.5, 0.6) is 0 Å². The van der Waals surface area contributed by atoms with Crippen molar-refractivity contribution < 1.29 is 0 Å². The molecule has 1 heterocycles. The first-order valence-electron chi connectivity index (χ1n) is 4.49. The topological polar surface area (TPSA) is 50.4 Å². The van der Waals surface area contributed by atoms with E-state index in [0.717, 1.165) is 10.6 Å². The van der Waals surface area contributed by atoms with Gasteiger partial charge in [-0.1, -0.05) is 29.8 Å². The minimum absolute atomic E-state index is 0.307. The fraction of sp³-hybridized carbons (Fsp3) is 0.300.